The van der Waals surface area contributed by atoms with Gasteiger partial charge >= 0.3 is 0 Å². The van der Waals surface area contributed by atoms with Crippen LogP contribution in [0.2, 0.25) is 0 Å². The van der Waals surface area contributed by atoms with Gasteiger partial charge in [-0.3, -0.25) is 14.9 Å². The molecule has 1 aromatic rings. The standard InChI is InChI=1S/C16H20N4O4S2/c21-14-6-5-12(19-20(14)10-7-8-26(23,24)9-10)15(22)18-16-17-11-3-1-2-4-13(11)25-16/h10H,1-9H2,(H,17,18,22). The number of amides is 2. The molecule has 0 spiro atoms. The minimum Gasteiger partial charge on any atom is -0.297 e. The van der Waals surface area contributed by atoms with Crippen LogP contribution in [0.5, 0.6) is 0 Å². The fourth-order valence-electron chi connectivity index (χ4n) is 3.56. The van der Waals surface area contributed by atoms with Gasteiger partial charge in [-0.2, -0.15) is 5.10 Å². The number of nitrogens with zero attached hydrogens (tertiary/aromatic N) is 3. The second-order valence-corrected chi connectivity index (χ2v) is 10.2. The van der Waals surface area contributed by atoms with E-state index in [-0.39, 0.29) is 41.9 Å². The fourth-order valence-corrected chi connectivity index (χ4v) is 6.30. The molecule has 0 saturated carbocycles. The lowest BCUT2D eigenvalue weighted by molar-refractivity contribution is -0.133. The molecule has 8 nitrogen and oxygen atoms in total. The van der Waals surface area contributed by atoms with Crippen LogP contribution in [0.3, 0.4) is 0 Å². The van der Waals surface area contributed by atoms with Crippen molar-refractivity contribution in [1.82, 2.24) is 9.99 Å². The van der Waals surface area contributed by atoms with Crippen molar-refractivity contribution < 1.29 is 18.0 Å². The number of sulfone groups is 1. The van der Waals surface area contributed by atoms with Crippen LogP contribution in [0.1, 0.15) is 42.7 Å². The molecule has 2 aliphatic heterocycles. The molecule has 10 heteroatoms. The van der Waals surface area contributed by atoms with Gasteiger partial charge in [0.15, 0.2) is 15.0 Å². The number of rotatable bonds is 3. The molecule has 1 aliphatic carbocycles. The third-order valence-corrected chi connectivity index (χ3v) is 7.77. The first-order valence-corrected chi connectivity index (χ1v) is 11.4. The molecule has 1 fully saturated rings. The molecular weight excluding hydrogens is 376 g/mol. The van der Waals surface area contributed by atoms with Crippen LogP contribution in [0.15, 0.2) is 5.10 Å². The number of hydrazone groups is 1. The van der Waals surface area contributed by atoms with Crippen LogP contribution in [0.4, 0.5) is 5.13 Å². The Morgan fingerprint density at radius 2 is 2.00 bits per heavy atom. The van der Waals surface area contributed by atoms with Gasteiger partial charge < -0.3 is 0 Å². The Morgan fingerprint density at radius 3 is 2.73 bits per heavy atom. The smallest absolute Gasteiger partial charge is 0.273 e. The first kappa shape index (κ1) is 17.6. The monoisotopic (exact) mass is 396 g/mol. The number of anilines is 1. The van der Waals surface area contributed by atoms with Crippen molar-refractivity contribution in [2.24, 2.45) is 5.10 Å². The van der Waals surface area contributed by atoms with Crippen LogP contribution in [0, 0.1) is 0 Å². The summed E-state index contributed by atoms with van der Waals surface area (Å²) in [7, 11) is -3.13. The lowest BCUT2D eigenvalue weighted by Crippen LogP contribution is -2.42. The second kappa shape index (κ2) is 6.73. The van der Waals surface area contributed by atoms with Crippen molar-refractivity contribution in [1.29, 1.82) is 0 Å². The predicted molar refractivity (Wildman–Crippen MR) is 98.0 cm³/mol. The normalized spacial score (nSPS) is 24.9. The highest BCUT2D eigenvalue weighted by atomic mass is 32.2. The minimum absolute atomic E-state index is 0.0587. The van der Waals surface area contributed by atoms with Crippen molar-refractivity contribution in [3.8, 4) is 0 Å². The van der Waals surface area contributed by atoms with E-state index in [1.165, 1.54) is 21.2 Å². The van der Waals surface area contributed by atoms with Crippen molar-refractivity contribution in [3.05, 3.63) is 10.6 Å². The molecule has 3 heterocycles. The maximum atomic E-state index is 12.5. The van der Waals surface area contributed by atoms with Crippen LogP contribution >= 0.6 is 11.3 Å². The first-order chi connectivity index (χ1) is 12.4. The lowest BCUT2D eigenvalue weighted by atomic mass is 10.0. The SMILES string of the molecule is O=C(Nc1nc2c(s1)CCCC2)C1=NN(C2CCS(=O)(=O)C2)C(=O)CC1. The zero-order valence-corrected chi connectivity index (χ0v) is 15.9. The predicted octanol–water partition coefficient (Wildman–Crippen LogP) is 1.13. The molecule has 1 atom stereocenters. The average Bonchev–Trinajstić information content (AvgIpc) is 3.17. The highest BCUT2D eigenvalue weighted by Gasteiger charge is 2.37. The summed E-state index contributed by atoms with van der Waals surface area (Å²) >= 11 is 1.50. The lowest BCUT2D eigenvalue weighted by Gasteiger charge is -2.27. The topological polar surface area (TPSA) is 109 Å². The summed E-state index contributed by atoms with van der Waals surface area (Å²) in [6.45, 7) is 0. The molecule has 1 unspecified atom stereocenters. The summed E-state index contributed by atoms with van der Waals surface area (Å²) in [6, 6.07) is -0.470. The van der Waals surface area contributed by atoms with Crippen molar-refractivity contribution >= 4 is 43.8 Å². The van der Waals surface area contributed by atoms with E-state index < -0.39 is 15.9 Å². The van der Waals surface area contributed by atoms with Gasteiger partial charge in [0.05, 0.1) is 23.2 Å². The Morgan fingerprint density at radius 1 is 1.19 bits per heavy atom. The van der Waals surface area contributed by atoms with Crippen molar-refractivity contribution in [2.45, 2.75) is 51.0 Å². The van der Waals surface area contributed by atoms with Gasteiger partial charge in [0, 0.05) is 17.7 Å². The Bertz CT molecular complexity index is 867. The summed E-state index contributed by atoms with van der Waals surface area (Å²) in [5.74, 6) is -0.623. The number of nitrogens with one attached hydrogen (secondary N) is 1. The summed E-state index contributed by atoms with van der Waals surface area (Å²) in [5.41, 5.74) is 1.32. The van der Waals surface area contributed by atoms with Gasteiger partial charge in [0.1, 0.15) is 5.71 Å². The Kier molecular flexibility index (Phi) is 4.55. The third-order valence-electron chi connectivity index (χ3n) is 4.94. The molecule has 3 aliphatic rings. The summed E-state index contributed by atoms with van der Waals surface area (Å²) in [6.07, 6.45) is 5.01. The molecule has 1 saturated heterocycles. The van der Waals surface area contributed by atoms with Crippen LogP contribution in [-0.2, 0) is 32.3 Å². The molecule has 0 radical (unpaired) electrons. The molecular formula is C16H20N4O4S2. The number of carbonyl (C=O) groups is 2. The van der Waals surface area contributed by atoms with Crippen LogP contribution in [0.25, 0.3) is 0 Å². The molecule has 2 amide bonds. The van der Waals surface area contributed by atoms with E-state index in [0.29, 0.717) is 11.6 Å². The van der Waals surface area contributed by atoms with Gasteiger partial charge in [-0.1, -0.05) is 0 Å². The molecule has 0 bridgehead atoms. The van der Waals surface area contributed by atoms with E-state index in [4.69, 9.17) is 0 Å². The molecule has 26 heavy (non-hydrogen) atoms. The van der Waals surface area contributed by atoms with Crippen LogP contribution < -0.4 is 5.32 Å². The molecule has 140 valence electrons. The van der Waals surface area contributed by atoms with E-state index in [9.17, 15) is 18.0 Å². The maximum Gasteiger partial charge on any atom is 0.273 e. The highest BCUT2D eigenvalue weighted by Crippen LogP contribution is 2.30. The summed E-state index contributed by atoms with van der Waals surface area (Å²) in [4.78, 5) is 30.4. The Labute approximate surface area is 155 Å². The van der Waals surface area contributed by atoms with Crippen molar-refractivity contribution in [2.75, 3.05) is 16.8 Å². The number of aryl methyl sites for hydroxylation is 2. The Balaban J connectivity index is 1.49. The van der Waals surface area contributed by atoms with E-state index >= 15 is 0 Å². The minimum atomic E-state index is -3.13. The largest absolute Gasteiger partial charge is 0.297 e. The molecule has 1 aromatic heterocycles. The second-order valence-electron chi connectivity index (χ2n) is 6.89. The molecule has 0 aromatic carbocycles. The fraction of sp³-hybridized carbons (Fsp3) is 0.625. The maximum absolute atomic E-state index is 12.5. The van der Waals surface area contributed by atoms with Gasteiger partial charge in [-0.05, 0) is 32.1 Å². The van der Waals surface area contributed by atoms with Crippen LogP contribution in [-0.4, -0.2) is 53.5 Å². The number of aromatic nitrogens is 1. The summed E-state index contributed by atoms with van der Waals surface area (Å²) in [5, 5.41) is 8.75. The van der Waals surface area contributed by atoms with E-state index in [1.54, 1.807) is 0 Å². The highest BCUT2D eigenvalue weighted by molar-refractivity contribution is 7.91. The number of hydrogen-bond acceptors (Lipinski definition) is 7. The van der Waals surface area contributed by atoms with Gasteiger partial charge in [0.2, 0.25) is 5.91 Å². The Hall–Kier alpha value is -1.81. The molecule has 4 rings (SSSR count). The number of fused-ring (bicyclic) bond motifs is 1. The van der Waals surface area contributed by atoms with E-state index in [0.717, 1.165) is 31.4 Å². The van der Waals surface area contributed by atoms with Gasteiger partial charge in [-0.15, -0.1) is 11.3 Å². The summed E-state index contributed by atoms with van der Waals surface area (Å²) < 4.78 is 23.3. The average molecular weight is 396 g/mol. The first-order valence-electron chi connectivity index (χ1n) is 8.81. The van der Waals surface area contributed by atoms with E-state index in [1.807, 2.05) is 0 Å². The number of thiazole rings is 1. The zero-order chi connectivity index (χ0) is 18.3. The molecule has 1 N–H and O–H groups in total. The number of carbonyl (C=O) groups excluding carboxylic acids is 2. The third kappa shape index (κ3) is 3.52. The zero-order valence-electron chi connectivity index (χ0n) is 14.2. The quantitative estimate of drug-likeness (QED) is 0.824. The number of hydrogen-bond donors (Lipinski definition) is 1. The van der Waals surface area contributed by atoms with Crippen molar-refractivity contribution in [3.63, 3.8) is 0 Å². The van der Waals surface area contributed by atoms with Gasteiger partial charge in [0.25, 0.3) is 5.91 Å². The van der Waals surface area contributed by atoms with E-state index in [2.05, 4.69) is 15.4 Å². The van der Waals surface area contributed by atoms with Gasteiger partial charge in [-0.25, -0.2) is 18.4 Å².